The summed E-state index contributed by atoms with van der Waals surface area (Å²) in [5, 5.41) is 0.998. The Morgan fingerprint density at radius 1 is 1.27 bits per heavy atom. The van der Waals surface area contributed by atoms with Crippen molar-refractivity contribution in [1.82, 2.24) is 0 Å². The molecule has 0 fully saturated rings. The van der Waals surface area contributed by atoms with Crippen molar-refractivity contribution in [1.29, 1.82) is 0 Å². The molecule has 0 saturated heterocycles. The smallest absolute Gasteiger partial charge is 0.238 e. The number of rotatable bonds is 3. The van der Waals surface area contributed by atoms with E-state index in [4.69, 9.17) is 15.3 Å². The lowest BCUT2D eigenvalue weighted by Gasteiger charge is -2.20. The van der Waals surface area contributed by atoms with Crippen LogP contribution in [0.5, 0.6) is 11.5 Å². The summed E-state index contributed by atoms with van der Waals surface area (Å²) < 4.78 is 10.2. The molecule has 0 aromatic heterocycles. The van der Waals surface area contributed by atoms with Crippen LogP contribution in [0.1, 0.15) is 6.92 Å². The average Bonchev–Trinajstić information content (AvgIpc) is 2.26. The van der Waals surface area contributed by atoms with Gasteiger partial charge in [0.1, 0.15) is 17.2 Å². The van der Waals surface area contributed by atoms with Crippen LogP contribution in [-0.2, 0) is 4.79 Å². The predicted octanol–water partition coefficient (Wildman–Crippen LogP) is 0.930. The van der Waals surface area contributed by atoms with E-state index in [1.54, 1.807) is 18.2 Å². The number of amides is 1. The van der Waals surface area contributed by atoms with Crippen molar-refractivity contribution in [3.05, 3.63) is 18.2 Å². The third kappa shape index (κ3) is 2.19. The van der Waals surface area contributed by atoms with Gasteiger partial charge in [-0.2, -0.15) is 0 Å². The summed E-state index contributed by atoms with van der Waals surface area (Å²) >= 11 is 0. The number of anilines is 1. The zero-order valence-electron chi connectivity index (χ0n) is 8.98. The third-order valence-electron chi connectivity index (χ3n) is 1.98. The molecule has 1 amide bonds. The molecule has 0 unspecified atom stereocenters. The molecule has 0 radical (unpaired) electrons. The number of hydrogen-bond donors (Lipinski definition) is 1. The van der Waals surface area contributed by atoms with Gasteiger partial charge in [-0.25, -0.2) is 10.9 Å². The number of hydrogen-bond acceptors (Lipinski definition) is 4. The van der Waals surface area contributed by atoms with Gasteiger partial charge in [0.15, 0.2) is 0 Å². The Balaban J connectivity index is 3.27. The summed E-state index contributed by atoms with van der Waals surface area (Å²) in [6.45, 7) is 1.37. The molecule has 0 aliphatic heterocycles. The maximum atomic E-state index is 11.2. The second kappa shape index (κ2) is 4.65. The minimum Gasteiger partial charge on any atom is -0.494 e. The number of carbonyl (C=O) groups is 1. The van der Waals surface area contributed by atoms with Gasteiger partial charge in [-0.3, -0.25) is 4.79 Å². The molecule has 82 valence electrons. The van der Waals surface area contributed by atoms with E-state index in [2.05, 4.69) is 0 Å². The lowest BCUT2D eigenvalue weighted by atomic mass is 10.2. The Labute approximate surface area is 88.3 Å². The molecular formula is C10H14N2O3. The van der Waals surface area contributed by atoms with Crippen molar-refractivity contribution >= 4 is 11.6 Å². The number of methoxy groups -OCH3 is 2. The van der Waals surface area contributed by atoms with Crippen LogP contribution in [0.25, 0.3) is 0 Å². The summed E-state index contributed by atoms with van der Waals surface area (Å²) in [4.78, 5) is 11.2. The highest BCUT2D eigenvalue weighted by molar-refractivity contribution is 5.93. The normalized spacial score (nSPS) is 9.60. The van der Waals surface area contributed by atoms with Crippen molar-refractivity contribution in [2.24, 2.45) is 5.84 Å². The molecule has 5 nitrogen and oxygen atoms in total. The molecule has 5 heteroatoms. The highest BCUT2D eigenvalue weighted by atomic mass is 16.5. The number of benzene rings is 1. The van der Waals surface area contributed by atoms with E-state index in [1.807, 2.05) is 0 Å². The highest BCUT2D eigenvalue weighted by Gasteiger charge is 2.17. The van der Waals surface area contributed by atoms with Crippen LogP contribution in [0.3, 0.4) is 0 Å². The van der Waals surface area contributed by atoms with E-state index >= 15 is 0 Å². The zero-order valence-corrected chi connectivity index (χ0v) is 8.98. The predicted molar refractivity (Wildman–Crippen MR) is 56.9 cm³/mol. The first-order valence-corrected chi connectivity index (χ1v) is 4.38. The van der Waals surface area contributed by atoms with Gasteiger partial charge < -0.3 is 9.47 Å². The Bertz CT molecular complexity index is 343. The zero-order chi connectivity index (χ0) is 11.4. The Kier molecular flexibility index (Phi) is 3.51. The number of ether oxygens (including phenoxy) is 2. The van der Waals surface area contributed by atoms with Crippen LogP contribution in [0, 0.1) is 0 Å². The first kappa shape index (κ1) is 11.3. The van der Waals surface area contributed by atoms with Crippen molar-refractivity contribution in [2.75, 3.05) is 19.2 Å². The van der Waals surface area contributed by atoms with Gasteiger partial charge in [-0.1, -0.05) is 6.07 Å². The van der Waals surface area contributed by atoms with Gasteiger partial charge in [0.2, 0.25) is 5.91 Å². The van der Waals surface area contributed by atoms with E-state index in [0.29, 0.717) is 17.2 Å². The topological polar surface area (TPSA) is 64.8 Å². The first-order valence-electron chi connectivity index (χ1n) is 4.38. The van der Waals surface area contributed by atoms with Gasteiger partial charge in [-0.15, -0.1) is 0 Å². The summed E-state index contributed by atoms with van der Waals surface area (Å²) in [6.07, 6.45) is 0. The summed E-state index contributed by atoms with van der Waals surface area (Å²) in [7, 11) is 3.01. The fourth-order valence-corrected chi connectivity index (χ4v) is 1.23. The molecule has 1 aromatic rings. The number of hydrazine groups is 1. The van der Waals surface area contributed by atoms with Gasteiger partial charge in [0.25, 0.3) is 0 Å². The van der Waals surface area contributed by atoms with Crippen LogP contribution in [0.15, 0.2) is 18.2 Å². The SMILES string of the molecule is COc1cccc(OC)c1N(N)C(C)=O. The van der Waals surface area contributed by atoms with Gasteiger partial charge >= 0.3 is 0 Å². The second-order valence-corrected chi connectivity index (χ2v) is 2.90. The van der Waals surface area contributed by atoms with E-state index < -0.39 is 0 Å². The lowest BCUT2D eigenvalue weighted by Crippen LogP contribution is -2.36. The Morgan fingerprint density at radius 3 is 2.07 bits per heavy atom. The molecule has 0 saturated carbocycles. The van der Waals surface area contributed by atoms with Gasteiger partial charge in [0, 0.05) is 6.92 Å². The molecule has 1 aromatic carbocycles. The minimum absolute atomic E-state index is 0.294. The summed E-state index contributed by atoms with van der Waals surface area (Å²) in [5.74, 6) is 6.31. The average molecular weight is 210 g/mol. The minimum atomic E-state index is -0.294. The van der Waals surface area contributed by atoms with Gasteiger partial charge in [-0.05, 0) is 12.1 Å². The fourth-order valence-electron chi connectivity index (χ4n) is 1.23. The number of carbonyl (C=O) groups excluding carboxylic acids is 1. The molecule has 15 heavy (non-hydrogen) atoms. The molecule has 0 aliphatic rings. The van der Waals surface area contributed by atoms with Crippen molar-refractivity contribution < 1.29 is 14.3 Å². The van der Waals surface area contributed by atoms with Crippen LogP contribution in [0.4, 0.5) is 5.69 Å². The summed E-state index contributed by atoms with van der Waals surface area (Å²) in [5.41, 5.74) is 0.426. The second-order valence-electron chi connectivity index (χ2n) is 2.90. The van der Waals surface area contributed by atoms with Crippen molar-refractivity contribution in [3.8, 4) is 11.5 Å². The molecule has 2 N–H and O–H groups in total. The molecule has 0 atom stereocenters. The largest absolute Gasteiger partial charge is 0.494 e. The molecule has 0 spiro atoms. The first-order chi connectivity index (χ1) is 7.11. The number of para-hydroxylation sites is 1. The van der Waals surface area contributed by atoms with E-state index in [9.17, 15) is 4.79 Å². The van der Waals surface area contributed by atoms with E-state index in [1.165, 1.54) is 21.1 Å². The molecule has 0 heterocycles. The quantitative estimate of drug-likeness (QED) is 0.458. The van der Waals surface area contributed by atoms with Gasteiger partial charge in [0.05, 0.1) is 14.2 Å². The van der Waals surface area contributed by atoms with Crippen molar-refractivity contribution in [3.63, 3.8) is 0 Å². The Morgan fingerprint density at radius 2 is 1.73 bits per heavy atom. The van der Waals surface area contributed by atoms with Crippen LogP contribution >= 0.6 is 0 Å². The standard InChI is InChI=1S/C10H14N2O3/c1-7(13)12(11)10-8(14-2)5-4-6-9(10)15-3/h4-6H,11H2,1-3H3. The molecule has 0 bridgehead atoms. The van der Waals surface area contributed by atoms with Crippen LogP contribution in [0.2, 0.25) is 0 Å². The monoisotopic (exact) mass is 210 g/mol. The number of nitrogens with zero attached hydrogens (tertiary/aromatic N) is 1. The molecule has 1 rings (SSSR count). The van der Waals surface area contributed by atoms with E-state index in [-0.39, 0.29) is 5.91 Å². The molecule has 0 aliphatic carbocycles. The van der Waals surface area contributed by atoms with Crippen LogP contribution < -0.4 is 20.3 Å². The maximum absolute atomic E-state index is 11.2. The highest BCUT2D eigenvalue weighted by Crippen LogP contribution is 2.36. The summed E-state index contributed by atoms with van der Waals surface area (Å²) in [6, 6.07) is 5.18. The van der Waals surface area contributed by atoms with Crippen molar-refractivity contribution in [2.45, 2.75) is 6.92 Å². The third-order valence-corrected chi connectivity index (χ3v) is 1.98. The van der Waals surface area contributed by atoms with E-state index in [0.717, 1.165) is 5.01 Å². The fraction of sp³-hybridized carbons (Fsp3) is 0.300. The maximum Gasteiger partial charge on any atom is 0.238 e. The number of nitrogens with two attached hydrogens (primary N) is 1. The Hall–Kier alpha value is -1.75. The lowest BCUT2D eigenvalue weighted by molar-refractivity contribution is -0.116. The molecular weight excluding hydrogens is 196 g/mol. The van der Waals surface area contributed by atoms with Crippen LogP contribution in [-0.4, -0.2) is 20.1 Å².